The summed E-state index contributed by atoms with van der Waals surface area (Å²) in [5.41, 5.74) is 0.558. The molecule has 1 aromatic rings. The fourth-order valence-corrected chi connectivity index (χ4v) is 6.03. The van der Waals surface area contributed by atoms with Crippen LogP contribution in [-0.2, 0) is 4.79 Å². The van der Waals surface area contributed by atoms with Crippen molar-refractivity contribution in [2.45, 2.75) is 49.9 Å². The number of carbonyl (C=O) groups is 2. The first-order valence-electron chi connectivity index (χ1n) is 11.1. The molecule has 1 N–H and O–H groups in total. The molecule has 0 radical (unpaired) electrons. The second kappa shape index (κ2) is 7.59. The number of hydrogen-bond donors (Lipinski definition) is 1. The number of aromatic nitrogens is 1. The lowest BCUT2D eigenvalue weighted by atomic mass is 9.81. The van der Waals surface area contributed by atoms with Crippen molar-refractivity contribution in [1.82, 2.24) is 24.6 Å². The van der Waals surface area contributed by atoms with Crippen LogP contribution in [0.1, 0.15) is 36.5 Å². The number of fused-ring (bicyclic) bond motifs is 2. The second-order valence-electron chi connectivity index (χ2n) is 9.49. The Bertz CT molecular complexity index is 804. The Kier molecular flexibility index (Phi) is 5.03. The molecule has 0 aliphatic carbocycles. The summed E-state index contributed by atoms with van der Waals surface area (Å²) >= 11 is 0. The first-order valence-corrected chi connectivity index (χ1v) is 11.1. The Morgan fingerprint density at radius 1 is 1.10 bits per heavy atom. The number of piperidine rings is 1. The lowest BCUT2D eigenvalue weighted by Gasteiger charge is -2.63. The van der Waals surface area contributed by atoms with Crippen molar-refractivity contribution in [2.24, 2.45) is 0 Å². The van der Waals surface area contributed by atoms with E-state index in [1.807, 2.05) is 15.9 Å². The van der Waals surface area contributed by atoms with Crippen LogP contribution in [0, 0.1) is 0 Å². The van der Waals surface area contributed by atoms with Crippen LogP contribution in [0.2, 0.25) is 0 Å². The van der Waals surface area contributed by atoms with Gasteiger partial charge in [0.05, 0.1) is 17.2 Å². The maximum atomic E-state index is 13.1. The Balaban J connectivity index is 1.29. The number of hydrogen-bond acceptors (Lipinski definition) is 6. The van der Waals surface area contributed by atoms with Crippen LogP contribution in [0.5, 0.6) is 0 Å². The number of amides is 2. The molecule has 4 fully saturated rings. The molecule has 162 valence electrons. The van der Waals surface area contributed by atoms with Crippen LogP contribution in [0.15, 0.2) is 24.5 Å². The van der Waals surface area contributed by atoms with Gasteiger partial charge in [-0.3, -0.25) is 24.4 Å². The topological polar surface area (TPSA) is 80.2 Å². The molecule has 4 aliphatic rings. The Hall–Kier alpha value is -2.03. The summed E-state index contributed by atoms with van der Waals surface area (Å²) in [6, 6.07) is 4.35. The number of aliphatic hydroxyl groups excluding tert-OH is 1. The van der Waals surface area contributed by atoms with E-state index in [1.54, 1.807) is 25.4 Å². The van der Waals surface area contributed by atoms with Crippen LogP contribution in [0.4, 0.5) is 0 Å². The average molecular weight is 414 g/mol. The highest BCUT2D eigenvalue weighted by atomic mass is 16.3. The summed E-state index contributed by atoms with van der Waals surface area (Å²) in [5.74, 6) is 0.205. The summed E-state index contributed by atoms with van der Waals surface area (Å²) in [6.07, 6.45) is 5.77. The van der Waals surface area contributed by atoms with E-state index in [2.05, 4.69) is 14.8 Å². The van der Waals surface area contributed by atoms with E-state index in [1.165, 1.54) is 0 Å². The lowest BCUT2D eigenvalue weighted by Crippen LogP contribution is -2.79. The molecule has 2 amide bonds. The maximum absolute atomic E-state index is 13.1. The molecular formula is C22H31N5O3. The molecule has 30 heavy (non-hydrogen) atoms. The van der Waals surface area contributed by atoms with Gasteiger partial charge < -0.3 is 14.9 Å². The van der Waals surface area contributed by atoms with E-state index < -0.39 is 0 Å². The molecule has 8 nitrogen and oxygen atoms in total. The molecule has 0 aromatic carbocycles. The van der Waals surface area contributed by atoms with Gasteiger partial charge >= 0.3 is 0 Å². The molecule has 5 heterocycles. The number of β-amino-alcohol motifs (C(OH)–C–C–N with tert-alkyl or cyclic N) is 1. The Morgan fingerprint density at radius 2 is 1.87 bits per heavy atom. The minimum Gasteiger partial charge on any atom is -0.392 e. The smallest absolute Gasteiger partial charge is 0.255 e. The number of carbonyl (C=O) groups excluding carboxylic acids is 2. The number of likely N-dealkylation sites (tertiary alicyclic amines) is 2. The third-order valence-electron chi connectivity index (χ3n) is 7.53. The third-order valence-corrected chi connectivity index (χ3v) is 7.53. The van der Waals surface area contributed by atoms with Crippen LogP contribution in [0.3, 0.4) is 0 Å². The minimum absolute atomic E-state index is 0.0386. The minimum atomic E-state index is -0.312. The van der Waals surface area contributed by atoms with Crippen LogP contribution < -0.4 is 0 Å². The monoisotopic (exact) mass is 413 g/mol. The second-order valence-corrected chi connectivity index (χ2v) is 9.49. The normalized spacial score (nSPS) is 29.7. The fraction of sp³-hybridized carbons (Fsp3) is 0.682. The van der Waals surface area contributed by atoms with E-state index >= 15 is 0 Å². The molecule has 0 unspecified atom stereocenters. The van der Waals surface area contributed by atoms with Crippen molar-refractivity contribution in [3.63, 3.8) is 0 Å². The predicted octanol–water partition coefficient (Wildman–Crippen LogP) is 0.0379. The molecule has 5 rings (SSSR count). The summed E-state index contributed by atoms with van der Waals surface area (Å²) in [6.45, 7) is 7.25. The van der Waals surface area contributed by atoms with Crippen molar-refractivity contribution in [2.75, 3.05) is 45.8 Å². The molecule has 4 saturated heterocycles. The zero-order valence-electron chi connectivity index (χ0n) is 17.6. The van der Waals surface area contributed by atoms with E-state index in [9.17, 15) is 14.7 Å². The van der Waals surface area contributed by atoms with Crippen molar-refractivity contribution in [1.29, 1.82) is 0 Å². The van der Waals surface area contributed by atoms with Crippen LogP contribution in [0.25, 0.3) is 0 Å². The van der Waals surface area contributed by atoms with Gasteiger partial charge in [-0.1, -0.05) is 0 Å². The fourth-order valence-electron chi connectivity index (χ4n) is 6.03. The highest BCUT2D eigenvalue weighted by Crippen LogP contribution is 2.41. The number of piperazine rings is 1. The van der Waals surface area contributed by atoms with E-state index in [0.717, 1.165) is 45.4 Å². The van der Waals surface area contributed by atoms with Crippen molar-refractivity contribution >= 4 is 11.8 Å². The highest BCUT2D eigenvalue weighted by Gasteiger charge is 2.57. The third kappa shape index (κ3) is 3.40. The molecule has 1 aromatic heterocycles. The molecule has 1 spiro atoms. The molecule has 0 bridgehead atoms. The first kappa shape index (κ1) is 19.9. The van der Waals surface area contributed by atoms with Gasteiger partial charge in [-0.2, -0.15) is 0 Å². The van der Waals surface area contributed by atoms with Gasteiger partial charge in [-0.25, -0.2) is 0 Å². The summed E-state index contributed by atoms with van der Waals surface area (Å²) < 4.78 is 0. The average Bonchev–Trinajstić information content (AvgIpc) is 3.12. The number of aliphatic hydroxyl groups is 1. The van der Waals surface area contributed by atoms with Crippen molar-refractivity contribution < 1.29 is 14.7 Å². The zero-order chi connectivity index (χ0) is 20.9. The molecule has 8 heteroatoms. The van der Waals surface area contributed by atoms with Gasteiger partial charge in [-0.15, -0.1) is 0 Å². The first-order chi connectivity index (χ1) is 14.4. The quantitative estimate of drug-likeness (QED) is 0.737. The highest BCUT2D eigenvalue weighted by molar-refractivity contribution is 5.94. The van der Waals surface area contributed by atoms with E-state index in [0.29, 0.717) is 31.2 Å². The molecular weight excluding hydrogens is 382 g/mol. The van der Waals surface area contributed by atoms with Crippen LogP contribution >= 0.6 is 0 Å². The predicted molar refractivity (Wildman–Crippen MR) is 111 cm³/mol. The SMILES string of the molecule is CC(=O)N1CCC(N2CC3(CN(C(=O)c4cccnc4)C[C@@H]4C[C@@H](O)CN43)C2)CC1. The summed E-state index contributed by atoms with van der Waals surface area (Å²) in [4.78, 5) is 37.8. The van der Waals surface area contributed by atoms with Gasteiger partial charge in [-0.05, 0) is 31.4 Å². The van der Waals surface area contributed by atoms with E-state index in [4.69, 9.17) is 0 Å². The van der Waals surface area contributed by atoms with Crippen molar-refractivity contribution in [3.05, 3.63) is 30.1 Å². The van der Waals surface area contributed by atoms with Gasteiger partial charge in [0.1, 0.15) is 0 Å². The van der Waals surface area contributed by atoms with Gasteiger partial charge in [0.2, 0.25) is 5.91 Å². The maximum Gasteiger partial charge on any atom is 0.255 e. The molecule has 4 aliphatic heterocycles. The van der Waals surface area contributed by atoms with E-state index in [-0.39, 0.29) is 29.5 Å². The molecule has 2 atom stereocenters. The Labute approximate surface area is 177 Å². The van der Waals surface area contributed by atoms with Crippen molar-refractivity contribution in [3.8, 4) is 0 Å². The lowest BCUT2D eigenvalue weighted by molar-refractivity contribution is -0.136. The zero-order valence-corrected chi connectivity index (χ0v) is 17.6. The van der Waals surface area contributed by atoms with Gasteiger partial charge in [0.15, 0.2) is 0 Å². The number of nitrogens with zero attached hydrogens (tertiary/aromatic N) is 5. The molecule has 0 saturated carbocycles. The summed E-state index contributed by atoms with van der Waals surface area (Å²) in [5, 5.41) is 10.3. The van der Waals surface area contributed by atoms with Gasteiger partial charge in [0, 0.05) is 77.2 Å². The standard InChI is InChI=1S/C22H31N5O3/c1-16(28)24-7-4-18(5-8-24)26-14-22(15-26)13-25(11-19-9-20(29)12-27(19)22)21(30)17-3-2-6-23-10-17/h2-3,6,10,18-20,29H,4-5,7-9,11-15H2,1H3/t19-,20+/m0/s1. The Morgan fingerprint density at radius 3 is 2.53 bits per heavy atom. The van der Waals surface area contributed by atoms with Gasteiger partial charge in [0.25, 0.3) is 5.91 Å². The number of pyridine rings is 1. The largest absolute Gasteiger partial charge is 0.392 e. The summed E-state index contributed by atoms with van der Waals surface area (Å²) in [7, 11) is 0. The van der Waals surface area contributed by atoms with Crippen LogP contribution in [-0.4, -0.2) is 111 Å². The number of rotatable bonds is 2.